The number of carbonyl (C=O) groups excluding carboxylic acids is 2. The van der Waals surface area contributed by atoms with Crippen LogP contribution >= 0.6 is 58.2 Å². The summed E-state index contributed by atoms with van der Waals surface area (Å²) in [7, 11) is 0. The molecular weight excluding hydrogens is 522 g/mol. The third-order valence-corrected chi connectivity index (χ3v) is 7.37. The first-order chi connectivity index (χ1) is 15.6. The molecule has 0 saturated carbocycles. The van der Waals surface area contributed by atoms with E-state index in [2.05, 4.69) is 5.32 Å². The summed E-state index contributed by atoms with van der Waals surface area (Å²) in [6, 6.07) is 9.97. The fraction of sp³-hybridized carbons (Fsp3) is 0.417. The lowest BCUT2D eigenvalue weighted by molar-refractivity contribution is -0.139. The van der Waals surface area contributed by atoms with Gasteiger partial charge >= 0.3 is 0 Å². The van der Waals surface area contributed by atoms with Crippen LogP contribution in [0.5, 0.6) is 0 Å². The minimum absolute atomic E-state index is 0.151. The summed E-state index contributed by atoms with van der Waals surface area (Å²) in [4.78, 5) is 27.8. The molecule has 0 unspecified atom stereocenters. The average Bonchev–Trinajstić information content (AvgIpc) is 2.76. The number of hydrogen-bond acceptors (Lipinski definition) is 3. The standard InChI is InChI=1S/C24H28Cl4N2O2S/c1-4-22(24(32)29-11-15(2)3)30(12-17-18(25)6-5-7-19(17)26)23(31)14-33-13-16-8-9-20(27)21(28)10-16/h5-10,15,22H,4,11-14H2,1-3H3,(H,29,32)/t22-/m0/s1. The minimum Gasteiger partial charge on any atom is -0.354 e. The normalized spacial score (nSPS) is 12.0. The SMILES string of the molecule is CC[C@@H](C(=O)NCC(C)C)N(Cc1c(Cl)cccc1Cl)C(=O)CSCc1ccc(Cl)c(Cl)c1. The second-order valence-electron chi connectivity index (χ2n) is 8.03. The molecule has 2 aromatic rings. The Balaban J connectivity index is 2.19. The molecule has 2 aromatic carbocycles. The summed E-state index contributed by atoms with van der Waals surface area (Å²) in [5, 5.41) is 4.83. The molecule has 0 aromatic heterocycles. The molecule has 0 fully saturated rings. The van der Waals surface area contributed by atoms with Crippen LogP contribution in [0, 0.1) is 5.92 Å². The monoisotopic (exact) mass is 548 g/mol. The van der Waals surface area contributed by atoms with Gasteiger partial charge in [-0.2, -0.15) is 0 Å². The minimum atomic E-state index is -0.630. The van der Waals surface area contributed by atoms with Gasteiger partial charge in [0.05, 0.1) is 15.8 Å². The van der Waals surface area contributed by atoms with Crippen molar-refractivity contribution in [1.82, 2.24) is 10.2 Å². The number of nitrogens with zero attached hydrogens (tertiary/aromatic N) is 1. The zero-order chi connectivity index (χ0) is 24.5. The van der Waals surface area contributed by atoms with Gasteiger partial charge in [0.15, 0.2) is 0 Å². The van der Waals surface area contributed by atoms with Gasteiger partial charge in [0.25, 0.3) is 0 Å². The van der Waals surface area contributed by atoms with E-state index < -0.39 is 6.04 Å². The van der Waals surface area contributed by atoms with E-state index in [9.17, 15) is 9.59 Å². The van der Waals surface area contributed by atoms with E-state index in [4.69, 9.17) is 46.4 Å². The van der Waals surface area contributed by atoms with Gasteiger partial charge in [-0.1, -0.05) is 79.3 Å². The van der Waals surface area contributed by atoms with Gasteiger partial charge in [-0.15, -0.1) is 11.8 Å². The van der Waals surface area contributed by atoms with Crippen molar-refractivity contribution in [2.75, 3.05) is 12.3 Å². The first kappa shape index (κ1) is 28.1. The van der Waals surface area contributed by atoms with Gasteiger partial charge in [0, 0.05) is 34.5 Å². The first-order valence-corrected chi connectivity index (χ1v) is 13.3. The van der Waals surface area contributed by atoms with E-state index in [1.54, 1.807) is 35.2 Å². The molecule has 0 saturated heterocycles. The second-order valence-corrected chi connectivity index (χ2v) is 10.6. The van der Waals surface area contributed by atoms with Crippen LogP contribution in [-0.4, -0.2) is 35.1 Å². The number of halogens is 4. The van der Waals surface area contributed by atoms with Crippen LogP contribution in [0.2, 0.25) is 20.1 Å². The van der Waals surface area contributed by atoms with E-state index in [1.807, 2.05) is 26.8 Å². The molecule has 0 bridgehead atoms. The van der Waals surface area contributed by atoms with Crippen molar-refractivity contribution in [1.29, 1.82) is 0 Å². The third kappa shape index (κ3) is 8.56. The fourth-order valence-electron chi connectivity index (χ4n) is 3.16. The Kier molecular flexibility index (Phi) is 11.7. The van der Waals surface area contributed by atoms with E-state index in [-0.39, 0.29) is 24.1 Å². The van der Waals surface area contributed by atoms with Gasteiger partial charge in [0.2, 0.25) is 11.8 Å². The molecule has 2 rings (SSSR count). The van der Waals surface area contributed by atoms with Crippen LogP contribution in [0.25, 0.3) is 0 Å². The molecule has 33 heavy (non-hydrogen) atoms. The maximum atomic E-state index is 13.3. The molecule has 0 spiro atoms. The Morgan fingerprint density at radius 2 is 1.67 bits per heavy atom. The smallest absolute Gasteiger partial charge is 0.242 e. The largest absolute Gasteiger partial charge is 0.354 e. The van der Waals surface area contributed by atoms with Crippen molar-refractivity contribution in [3.63, 3.8) is 0 Å². The Bertz CT molecular complexity index is 951. The highest BCUT2D eigenvalue weighted by atomic mass is 35.5. The van der Waals surface area contributed by atoms with Gasteiger partial charge in [-0.05, 0) is 42.2 Å². The maximum Gasteiger partial charge on any atom is 0.242 e. The lowest BCUT2D eigenvalue weighted by Gasteiger charge is -2.31. The molecule has 9 heteroatoms. The van der Waals surface area contributed by atoms with Crippen molar-refractivity contribution >= 4 is 70.0 Å². The number of thioether (sulfide) groups is 1. The van der Waals surface area contributed by atoms with Crippen LogP contribution < -0.4 is 5.32 Å². The third-order valence-electron chi connectivity index (χ3n) is 4.94. The van der Waals surface area contributed by atoms with Gasteiger partial charge in [-0.25, -0.2) is 0 Å². The zero-order valence-corrected chi connectivity index (χ0v) is 22.7. The fourth-order valence-corrected chi connectivity index (χ4v) is 4.86. The summed E-state index contributed by atoms with van der Waals surface area (Å²) in [5.41, 5.74) is 1.59. The highest BCUT2D eigenvalue weighted by Crippen LogP contribution is 2.28. The molecule has 180 valence electrons. The van der Waals surface area contributed by atoms with E-state index in [0.29, 0.717) is 50.3 Å². The van der Waals surface area contributed by atoms with Gasteiger partial charge in [-0.3, -0.25) is 9.59 Å². The molecule has 0 aliphatic heterocycles. The predicted octanol–water partition coefficient (Wildman–Crippen LogP) is 7.11. The van der Waals surface area contributed by atoms with Crippen molar-refractivity contribution in [3.8, 4) is 0 Å². The van der Waals surface area contributed by atoms with E-state index in [1.165, 1.54) is 11.8 Å². The summed E-state index contributed by atoms with van der Waals surface area (Å²) >= 11 is 26.2. The number of rotatable bonds is 11. The quantitative estimate of drug-likeness (QED) is 0.325. The first-order valence-electron chi connectivity index (χ1n) is 10.7. The van der Waals surface area contributed by atoms with Crippen molar-refractivity contribution in [2.45, 2.75) is 45.5 Å². The Hall–Kier alpha value is -1.11. The number of nitrogens with one attached hydrogen (secondary N) is 1. The predicted molar refractivity (Wildman–Crippen MR) is 142 cm³/mol. The summed E-state index contributed by atoms with van der Waals surface area (Å²) in [6.07, 6.45) is 0.467. The van der Waals surface area contributed by atoms with Crippen LogP contribution in [0.3, 0.4) is 0 Å². The second kappa shape index (κ2) is 13.7. The molecule has 0 aliphatic rings. The van der Waals surface area contributed by atoms with Crippen molar-refractivity contribution in [3.05, 3.63) is 67.6 Å². The summed E-state index contributed by atoms with van der Waals surface area (Å²) < 4.78 is 0. The van der Waals surface area contributed by atoms with Crippen LogP contribution in [0.4, 0.5) is 0 Å². The molecule has 2 amide bonds. The number of hydrogen-bond donors (Lipinski definition) is 1. The Morgan fingerprint density at radius 3 is 2.24 bits per heavy atom. The molecule has 1 N–H and O–H groups in total. The van der Waals surface area contributed by atoms with Crippen molar-refractivity contribution < 1.29 is 9.59 Å². The van der Waals surface area contributed by atoms with Gasteiger partial charge < -0.3 is 10.2 Å². The van der Waals surface area contributed by atoms with Crippen LogP contribution in [0.15, 0.2) is 36.4 Å². The molecule has 0 aliphatic carbocycles. The van der Waals surface area contributed by atoms with Crippen molar-refractivity contribution in [2.24, 2.45) is 5.92 Å². The number of benzene rings is 2. The molecule has 0 heterocycles. The highest BCUT2D eigenvalue weighted by molar-refractivity contribution is 7.99. The Labute approximate surface area is 220 Å². The molecular formula is C24H28Cl4N2O2S. The average molecular weight is 550 g/mol. The van der Waals surface area contributed by atoms with E-state index in [0.717, 1.165) is 5.56 Å². The topological polar surface area (TPSA) is 49.4 Å². The number of carbonyl (C=O) groups is 2. The van der Waals surface area contributed by atoms with E-state index >= 15 is 0 Å². The lowest BCUT2D eigenvalue weighted by Crippen LogP contribution is -2.50. The van der Waals surface area contributed by atoms with Crippen LogP contribution in [0.1, 0.15) is 38.3 Å². The van der Waals surface area contributed by atoms with Gasteiger partial charge in [0.1, 0.15) is 6.04 Å². The molecule has 4 nitrogen and oxygen atoms in total. The number of amides is 2. The Morgan fingerprint density at radius 1 is 1.00 bits per heavy atom. The summed E-state index contributed by atoms with van der Waals surface area (Å²) in [5.74, 6) is 0.728. The highest BCUT2D eigenvalue weighted by Gasteiger charge is 2.29. The zero-order valence-electron chi connectivity index (χ0n) is 18.8. The molecule has 1 atom stereocenters. The lowest BCUT2D eigenvalue weighted by atomic mass is 10.1. The maximum absolute atomic E-state index is 13.3. The summed E-state index contributed by atoms with van der Waals surface area (Å²) in [6.45, 7) is 6.62. The van der Waals surface area contributed by atoms with Crippen LogP contribution in [-0.2, 0) is 21.9 Å². The molecule has 0 radical (unpaired) electrons.